The van der Waals surface area contributed by atoms with Crippen molar-refractivity contribution in [3.05, 3.63) is 72.7 Å². The van der Waals surface area contributed by atoms with Crippen LogP contribution in [0.1, 0.15) is 51.0 Å². The first kappa shape index (κ1) is 20.7. The van der Waals surface area contributed by atoms with Crippen molar-refractivity contribution in [2.45, 2.75) is 52.2 Å². The summed E-state index contributed by atoms with van der Waals surface area (Å²) in [6.45, 7) is 13.1. The Hall–Kier alpha value is -3.18. The van der Waals surface area contributed by atoms with Gasteiger partial charge in [0, 0.05) is 35.1 Å². The Morgan fingerprint density at radius 3 is 2.81 bits per heavy atom. The highest BCUT2D eigenvalue weighted by Crippen LogP contribution is 2.28. The van der Waals surface area contributed by atoms with Gasteiger partial charge in [-0.05, 0) is 82.1 Å². The number of nitrogens with one attached hydrogen (secondary N) is 1. The second-order valence-electron chi connectivity index (χ2n) is 9.17. The van der Waals surface area contributed by atoms with Crippen molar-refractivity contribution < 1.29 is 0 Å². The van der Waals surface area contributed by atoms with Crippen molar-refractivity contribution in [2.24, 2.45) is 0 Å². The van der Waals surface area contributed by atoms with Crippen molar-refractivity contribution >= 4 is 33.3 Å². The van der Waals surface area contributed by atoms with Crippen LogP contribution in [0.5, 0.6) is 0 Å². The predicted octanol–water partition coefficient (Wildman–Crippen LogP) is 6.23. The van der Waals surface area contributed by atoms with Crippen LogP contribution in [-0.2, 0) is 6.54 Å². The van der Waals surface area contributed by atoms with Crippen LogP contribution < -0.4 is 5.32 Å². The highest BCUT2D eigenvalue weighted by atomic mass is 15.2. The average molecular weight is 426 g/mol. The second kappa shape index (κ2) is 8.40. The summed E-state index contributed by atoms with van der Waals surface area (Å²) in [6.07, 6.45) is 4.38. The molecule has 0 spiro atoms. The first-order valence-electron chi connectivity index (χ1n) is 11.6. The number of anilines is 1. The van der Waals surface area contributed by atoms with Crippen LogP contribution in [0.2, 0.25) is 0 Å². The summed E-state index contributed by atoms with van der Waals surface area (Å²) in [7, 11) is 0. The van der Waals surface area contributed by atoms with Crippen molar-refractivity contribution in [1.29, 1.82) is 0 Å². The smallest absolute Gasteiger partial charge is 0.124 e. The van der Waals surface area contributed by atoms with E-state index in [0.29, 0.717) is 12.1 Å². The van der Waals surface area contributed by atoms with Crippen molar-refractivity contribution in [2.75, 3.05) is 11.9 Å². The molecule has 1 unspecified atom stereocenters. The number of likely N-dealkylation sites (tertiary alicyclic amines) is 1. The summed E-state index contributed by atoms with van der Waals surface area (Å²) in [4.78, 5) is 12.0. The number of nitrogens with zero attached hydrogens (tertiary/aromatic N) is 4. The van der Waals surface area contributed by atoms with Crippen LogP contribution >= 0.6 is 0 Å². The summed E-state index contributed by atoms with van der Waals surface area (Å²) in [5.74, 6) is 1.15. The third-order valence-corrected chi connectivity index (χ3v) is 6.56. The minimum atomic E-state index is 0.368. The maximum absolute atomic E-state index is 5.06. The zero-order valence-electron chi connectivity index (χ0n) is 19.2. The third-order valence-electron chi connectivity index (χ3n) is 6.56. The molecule has 1 saturated heterocycles. The van der Waals surface area contributed by atoms with E-state index in [2.05, 4.69) is 83.5 Å². The molecule has 0 amide bonds. The minimum absolute atomic E-state index is 0.368. The monoisotopic (exact) mass is 425 g/mol. The van der Waals surface area contributed by atoms with Crippen molar-refractivity contribution in [3.63, 3.8) is 0 Å². The van der Waals surface area contributed by atoms with Gasteiger partial charge in [-0.3, -0.25) is 9.88 Å². The topological polar surface area (TPSA) is 46.0 Å². The van der Waals surface area contributed by atoms with Gasteiger partial charge in [0.05, 0.1) is 23.1 Å². The summed E-state index contributed by atoms with van der Waals surface area (Å²) in [6, 6.07) is 17.7. The lowest BCUT2D eigenvalue weighted by molar-refractivity contribution is 0.249. The fraction of sp³-hybridized carbons (Fsp3) is 0.333. The molecule has 0 saturated carbocycles. The van der Waals surface area contributed by atoms with Gasteiger partial charge in [0.25, 0.3) is 0 Å². The van der Waals surface area contributed by atoms with Gasteiger partial charge < -0.3 is 9.88 Å². The molecule has 1 atom stereocenters. The quantitative estimate of drug-likeness (QED) is 0.398. The zero-order valence-corrected chi connectivity index (χ0v) is 19.2. The van der Waals surface area contributed by atoms with Gasteiger partial charge >= 0.3 is 0 Å². The molecule has 1 N–H and O–H groups in total. The molecule has 5 rings (SSSR count). The molecule has 3 heterocycles. The van der Waals surface area contributed by atoms with Gasteiger partial charge in [-0.15, -0.1) is 0 Å². The van der Waals surface area contributed by atoms with E-state index in [4.69, 9.17) is 4.98 Å². The van der Waals surface area contributed by atoms with Crippen molar-refractivity contribution in [1.82, 2.24) is 19.4 Å². The Morgan fingerprint density at radius 2 is 2.03 bits per heavy atom. The van der Waals surface area contributed by atoms with Crippen LogP contribution in [0.25, 0.3) is 27.6 Å². The number of hydrogen-bond donors (Lipinski definition) is 1. The molecule has 1 aliphatic rings. The molecule has 2 aromatic heterocycles. The summed E-state index contributed by atoms with van der Waals surface area (Å²) in [5, 5.41) is 4.59. The van der Waals surface area contributed by atoms with Gasteiger partial charge in [0.2, 0.25) is 0 Å². The van der Waals surface area contributed by atoms with Crippen LogP contribution in [0.15, 0.2) is 61.3 Å². The van der Waals surface area contributed by atoms with E-state index in [1.165, 1.54) is 18.4 Å². The lowest BCUT2D eigenvalue weighted by Crippen LogP contribution is -2.28. The average Bonchev–Trinajstić information content (AvgIpc) is 3.35. The van der Waals surface area contributed by atoms with Gasteiger partial charge in [0.15, 0.2) is 0 Å². The lowest BCUT2D eigenvalue weighted by atomic mass is 10.1. The number of pyridine rings is 1. The molecular formula is C27H31N5. The van der Waals surface area contributed by atoms with Gasteiger partial charge in [-0.1, -0.05) is 18.7 Å². The molecular weight excluding hydrogens is 394 g/mol. The standard InChI is InChI=1S/C27H31N5/c1-18(2)32-26-12-10-23(16-25(26)30-27(32)17-31-14-6-7-19(31)3)29-20(4)21-9-11-24-22(15-21)8-5-13-28-24/h5,8-13,15-16,18-19,29H,4,6-7,14,17H2,1-3H3. The number of fused-ring (bicyclic) bond motifs is 2. The molecule has 1 fully saturated rings. The third kappa shape index (κ3) is 3.89. The fourth-order valence-electron chi connectivity index (χ4n) is 4.83. The molecule has 0 aliphatic carbocycles. The SMILES string of the molecule is C=C(Nc1ccc2c(c1)nc(CN1CCCC1C)n2C(C)C)c1ccc2ncccc2c1. The van der Waals surface area contributed by atoms with E-state index in [-0.39, 0.29) is 0 Å². The van der Waals surface area contributed by atoms with Gasteiger partial charge in [-0.25, -0.2) is 4.98 Å². The van der Waals surface area contributed by atoms with E-state index < -0.39 is 0 Å². The molecule has 5 nitrogen and oxygen atoms in total. The molecule has 1 aliphatic heterocycles. The van der Waals surface area contributed by atoms with Crippen LogP contribution in [0.3, 0.4) is 0 Å². The van der Waals surface area contributed by atoms with Gasteiger partial charge in [-0.2, -0.15) is 0 Å². The highest BCUT2D eigenvalue weighted by Gasteiger charge is 2.23. The van der Waals surface area contributed by atoms with Crippen LogP contribution in [0, 0.1) is 0 Å². The molecule has 32 heavy (non-hydrogen) atoms. The second-order valence-corrected chi connectivity index (χ2v) is 9.17. The summed E-state index contributed by atoms with van der Waals surface area (Å²) in [5.41, 5.74) is 6.13. The maximum atomic E-state index is 5.06. The number of aromatic nitrogens is 3. The predicted molar refractivity (Wildman–Crippen MR) is 134 cm³/mol. The highest BCUT2D eigenvalue weighted by molar-refractivity contribution is 5.87. The molecule has 0 bridgehead atoms. The van der Waals surface area contributed by atoms with E-state index >= 15 is 0 Å². The van der Waals surface area contributed by atoms with E-state index in [1.54, 1.807) is 0 Å². The van der Waals surface area contributed by atoms with E-state index in [1.807, 2.05) is 18.3 Å². The molecule has 4 aromatic rings. The van der Waals surface area contributed by atoms with Crippen LogP contribution in [0.4, 0.5) is 5.69 Å². The number of hydrogen-bond acceptors (Lipinski definition) is 4. The number of rotatable bonds is 6. The van der Waals surface area contributed by atoms with E-state index in [0.717, 1.165) is 52.3 Å². The van der Waals surface area contributed by atoms with Crippen LogP contribution in [-0.4, -0.2) is 32.0 Å². The fourth-order valence-corrected chi connectivity index (χ4v) is 4.83. The normalized spacial score (nSPS) is 16.9. The first-order chi connectivity index (χ1) is 15.5. The zero-order chi connectivity index (χ0) is 22.2. The van der Waals surface area contributed by atoms with E-state index in [9.17, 15) is 0 Å². The summed E-state index contributed by atoms with van der Waals surface area (Å²) < 4.78 is 2.38. The molecule has 5 heteroatoms. The van der Waals surface area contributed by atoms with Gasteiger partial charge in [0.1, 0.15) is 5.82 Å². The summed E-state index contributed by atoms with van der Waals surface area (Å²) >= 11 is 0. The number of benzene rings is 2. The Kier molecular flexibility index (Phi) is 5.43. The molecule has 164 valence electrons. The lowest BCUT2D eigenvalue weighted by Gasteiger charge is -2.22. The molecule has 0 radical (unpaired) electrons. The Balaban J connectivity index is 1.42. The Bertz CT molecular complexity index is 1290. The number of imidazole rings is 1. The maximum Gasteiger partial charge on any atom is 0.124 e. The molecule has 2 aromatic carbocycles. The largest absolute Gasteiger partial charge is 0.355 e. The first-order valence-corrected chi connectivity index (χ1v) is 11.6. The minimum Gasteiger partial charge on any atom is -0.355 e. The Labute approximate surface area is 189 Å². The van der Waals surface area contributed by atoms with Crippen molar-refractivity contribution in [3.8, 4) is 0 Å². The Morgan fingerprint density at radius 1 is 1.16 bits per heavy atom.